The van der Waals surface area contributed by atoms with Crippen molar-refractivity contribution in [2.45, 2.75) is 91.1 Å². The molecule has 192 valence electrons. The highest BCUT2D eigenvalue weighted by atomic mass is 31.1. The third kappa shape index (κ3) is 6.46. The molecule has 0 heterocycles. The molecule has 0 aromatic heterocycles. The largest absolute Gasteiger partial charge is 0.507 e. The molecule has 2 nitrogen and oxygen atoms in total. The van der Waals surface area contributed by atoms with Crippen molar-refractivity contribution >= 4 is 25.8 Å². The van der Waals surface area contributed by atoms with Crippen molar-refractivity contribution in [3.8, 4) is 5.75 Å². The van der Waals surface area contributed by atoms with Crippen LogP contribution in [0.5, 0.6) is 5.75 Å². The van der Waals surface area contributed by atoms with Crippen LogP contribution in [-0.4, -0.2) is 11.3 Å². The van der Waals surface area contributed by atoms with Gasteiger partial charge in [0.2, 0.25) is 0 Å². The molecule has 0 radical (unpaired) electrons. The van der Waals surface area contributed by atoms with Gasteiger partial charge in [0.15, 0.2) is 0 Å². The van der Waals surface area contributed by atoms with E-state index in [1.807, 2.05) is 36.5 Å². The van der Waals surface area contributed by atoms with Gasteiger partial charge in [-0.3, -0.25) is 4.99 Å². The molecule has 2 atom stereocenters. The number of benzene rings is 3. The lowest BCUT2D eigenvalue weighted by Crippen LogP contribution is -2.25. The lowest BCUT2D eigenvalue weighted by Gasteiger charge is -2.36. The number of aliphatic imine (C=N–C) groups is 1. The van der Waals surface area contributed by atoms with Crippen LogP contribution in [0, 0.1) is 6.92 Å². The topological polar surface area (TPSA) is 32.6 Å². The number of nitrogens with zero attached hydrogens (tertiary/aromatic N) is 1. The molecule has 0 spiro atoms. The normalized spacial score (nSPS) is 14.6. The summed E-state index contributed by atoms with van der Waals surface area (Å²) in [6.07, 6.45) is 4.05. The second kappa shape index (κ2) is 10.9. The molecule has 3 rings (SSSR count). The van der Waals surface area contributed by atoms with Crippen LogP contribution in [0.15, 0.2) is 65.7 Å². The summed E-state index contributed by atoms with van der Waals surface area (Å²) >= 11 is 0. The molecular weight excluding hydrogens is 457 g/mol. The van der Waals surface area contributed by atoms with E-state index >= 15 is 0 Å². The van der Waals surface area contributed by atoms with Crippen molar-refractivity contribution in [2.75, 3.05) is 0 Å². The molecule has 3 heteroatoms. The molecule has 1 N–H and O–H groups in total. The zero-order chi connectivity index (χ0) is 26.7. The van der Waals surface area contributed by atoms with Crippen LogP contribution in [0.1, 0.15) is 96.0 Å². The summed E-state index contributed by atoms with van der Waals surface area (Å²) in [5, 5.41) is 12.9. The van der Waals surface area contributed by atoms with Crippen molar-refractivity contribution in [2.24, 2.45) is 4.99 Å². The van der Waals surface area contributed by atoms with E-state index in [1.54, 1.807) is 0 Å². The molecule has 0 saturated heterocycles. The summed E-state index contributed by atoms with van der Waals surface area (Å²) < 4.78 is 0. The molecule has 0 aliphatic carbocycles. The monoisotopic (exact) mass is 501 g/mol. The maximum absolute atomic E-state index is 11.7. The molecule has 0 saturated carbocycles. The van der Waals surface area contributed by atoms with Crippen molar-refractivity contribution in [1.29, 1.82) is 0 Å². The first-order chi connectivity index (χ1) is 16.8. The van der Waals surface area contributed by atoms with Crippen LogP contribution in [0.25, 0.3) is 0 Å². The van der Waals surface area contributed by atoms with E-state index in [-0.39, 0.29) is 16.0 Å². The van der Waals surface area contributed by atoms with E-state index in [9.17, 15) is 5.11 Å². The van der Waals surface area contributed by atoms with E-state index in [4.69, 9.17) is 4.99 Å². The molecular formula is C33H44NOP. The molecule has 2 unspecified atom stereocenters. The number of hydrogen-bond donors (Lipinski definition) is 1. The highest BCUT2D eigenvalue weighted by molar-refractivity contribution is 7.49. The minimum Gasteiger partial charge on any atom is -0.507 e. The summed E-state index contributed by atoms with van der Waals surface area (Å²) in [5.41, 5.74) is 6.62. The summed E-state index contributed by atoms with van der Waals surface area (Å²) in [5.74, 6) is 0.465. The van der Waals surface area contributed by atoms with E-state index in [1.165, 1.54) is 16.4 Å². The smallest absolute Gasteiger partial charge is 0.123 e. The highest BCUT2D eigenvalue weighted by Gasteiger charge is 2.34. The van der Waals surface area contributed by atoms with Crippen LogP contribution in [0.3, 0.4) is 0 Å². The zero-order valence-electron chi connectivity index (χ0n) is 23.7. The first kappa shape index (κ1) is 28.1. The predicted molar refractivity (Wildman–Crippen MR) is 161 cm³/mol. The number of phenolic OH excluding ortho intramolecular Hbond substituents is 1. The lowest BCUT2D eigenvalue weighted by molar-refractivity contribution is 0.426. The lowest BCUT2D eigenvalue weighted by atomic mass is 9.77. The summed E-state index contributed by atoms with van der Waals surface area (Å²) in [6.45, 7) is 20.1. The van der Waals surface area contributed by atoms with Gasteiger partial charge >= 0.3 is 0 Å². The van der Waals surface area contributed by atoms with Gasteiger partial charge in [-0.25, -0.2) is 0 Å². The predicted octanol–water partition coefficient (Wildman–Crippen LogP) is 9.07. The minimum absolute atomic E-state index is 0.00511. The Labute approximate surface area is 221 Å². The Balaban J connectivity index is 2.18. The Hall–Kier alpha value is -2.44. The van der Waals surface area contributed by atoms with Gasteiger partial charge in [0.25, 0.3) is 0 Å². The Morgan fingerprint density at radius 3 is 2.06 bits per heavy atom. The summed E-state index contributed by atoms with van der Waals surface area (Å²) in [6, 6.07) is 21.1. The highest BCUT2D eigenvalue weighted by Crippen LogP contribution is 2.51. The van der Waals surface area contributed by atoms with E-state index in [0.29, 0.717) is 14.3 Å². The van der Waals surface area contributed by atoms with E-state index in [2.05, 4.69) is 92.6 Å². The number of para-hydroxylation sites is 1. The minimum atomic E-state index is -0.193. The Morgan fingerprint density at radius 1 is 0.833 bits per heavy atom. The van der Waals surface area contributed by atoms with Crippen LogP contribution in [-0.2, 0) is 16.0 Å². The fourth-order valence-electron chi connectivity index (χ4n) is 4.73. The molecule has 3 aromatic rings. The van der Waals surface area contributed by atoms with E-state index < -0.39 is 0 Å². The third-order valence-corrected chi connectivity index (χ3v) is 8.95. The van der Waals surface area contributed by atoms with Crippen LogP contribution >= 0.6 is 8.58 Å². The maximum atomic E-state index is 11.7. The Kier molecular flexibility index (Phi) is 8.51. The first-order valence-electron chi connectivity index (χ1n) is 13.1. The average Bonchev–Trinajstić information content (AvgIpc) is 2.79. The fraction of sp³-hybridized carbons (Fsp3) is 0.424. The second-order valence-corrected chi connectivity index (χ2v) is 14.1. The average molecular weight is 502 g/mol. The number of aryl methyl sites for hydroxylation is 1. The van der Waals surface area contributed by atoms with Gasteiger partial charge in [-0.15, -0.1) is 0 Å². The van der Waals surface area contributed by atoms with Crippen molar-refractivity contribution < 1.29 is 5.11 Å². The molecule has 0 fully saturated rings. The second-order valence-electron chi connectivity index (χ2n) is 12.3. The van der Waals surface area contributed by atoms with Gasteiger partial charge in [-0.05, 0) is 58.3 Å². The number of phenols is 1. The fourth-order valence-corrected chi connectivity index (χ4v) is 6.55. The van der Waals surface area contributed by atoms with E-state index in [0.717, 1.165) is 35.2 Å². The standard InChI is InChI=1S/C33H44NOP/c1-10-19-33(9,28-21-25(31(3,4)5)20-27(29(28)35)32(6,7)8)36-30-23(2)15-14-16-24(30)22-34-26-17-12-11-13-18-26/h11-18,20-22,35-36H,10,19H2,1-9H3. The van der Waals surface area contributed by atoms with Crippen molar-refractivity contribution in [1.82, 2.24) is 0 Å². The number of aromatic hydroxyl groups is 1. The number of hydrogen-bond acceptors (Lipinski definition) is 2. The Morgan fingerprint density at radius 2 is 1.47 bits per heavy atom. The third-order valence-electron chi connectivity index (χ3n) is 6.94. The first-order valence-corrected chi connectivity index (χ1v) is 14.1. The molecule has 36 heavy (non-hydrogen) atoms. The SMILES string of the molecule is CCCC(C)(Pc1c(C)cccc1C=Nc1ccccc1)c1cc(C(C)(C)C)cc(C(C)(C)C)c1O. The van der Waals surface area contributed by atoms with Gasteiger partial charge in [0.1, 0.15) is 5.75 Å². The van der Waals surface area contributed by atoms with Gasteiger partial charge in [0, 0.05) is 22.5 Å². The van der Waals surface area contributed by atoms with Crippen LogP contribution in [0.2, 0.25) is 0 Å². The van der Waals surface area contributed by atoms with Crippen LogP contribution in [0.4, 0.5) is 5.69 Å². The van der Waals surface area contributed by atoms with Crippen molar-refractivity contribution in [3.63, 3.8) is 0 Å². The molecule has 0 amide bonds. The van der Waals surface area contributed by atoms with Gasteiger partial charge in [-0.1, -0.05) is 119 Å². The summed E-state index contributed by atoms with van der Waals surface area (Å²) in [7, 11) is 0.503. The van der Waals surface area contributed by atoms with Crippen LogP contribution < -0.4 is 5.30 Å². The summed E-state index contributed by atoms with van der Waals surface area (Å²) in [4.78, 5) is 4.77. The molecule has 3 aromatic carbocycles. The zero-order valence-corrected chi connectivity index (χ0v) is 24.7. The van der Waals surface area contributed by atoms with Gasteiger partial charge in [-0.2, -0.15) is 0 Å². The van der Waals surface area contributed by atoms with Gasteiger partial charge in [0.05, 0.1) is 5.69 Å². The number of rotatable bonds is 7. The van der Waals surface area contributed by atoms with Gasteiger partial charge < -0.3 is 5.11 Å². The van der Waals surface area contributed by atoms with Crippen molar-refractivity contribution in [3.05, 3.63) is 88.5 Å². The maximum Gasteiger partial charge on any atom is 0.123 e. The molecule has 0 aliphatic rings. The molecule has 0 bridgehead atoms. The molecule has 0 aliphatic heterocycles. The quantitative estimate of drug-likeness (QED) is 0.254. The Bertz CT molecular complexity index is 1210.